The highest BCUT2D eigenvalue weighted by Gasteiger charge is 2.39. The lowest BCUT2D eigenvalue weighted by atomic mass is 10.5. The molecule has 0 fully saturated rings. The molecule has 6 heteroatoms. The van der Waals surface area contributed by atoms with E-state index >= 15 is 0 Å². The molecule has 0 bridgehead atoms. The third-order valence-corrected chi connectivity index (χ3v) is 36.4. The van der Waals surface area contributed by atoms with Crippen LogP contribution in [-0.4, -0.2) is 44.1 Å². The fourth-order valence-electron chi connectivity index (χ4n) is 1.15. The molecule has 19 heavy (non-hydrogen) atoms. The van der Waals surface area contributed by atoms with E-state index in [1.807, 2.05) is 0 Å². The molecule has 0 aromatic heterocycles. The van der Waals surface area contributed by atoms with E-state index in [1.54, 1.807) is 0 Å². The van der Waals surface area contributed by atoms with Gasteiger partial charge in [-0.1, -0.05) is 39.3 Å². The first-order valence-corrected chi connectivity index (χ1v) is 22.3. The molecule has 0 spiro atoms. The molecule has 116 valence electrons. The molecular formula is C13H36O2Si4. The standard InChI is InChI=1S/C13H36O2Si4/c1-16(2,3)18(7,8)14-12-11-13-15-19(9,10)17(4,5)6/h11-13H2,1-10H3. The first kappa shape index (κ1) is 19.8. The number of rotatable bonds is 8. The Hall–Kier alpha value is 0.788. The second kappa shape index (κ2) is 6.70. The third kappa shape index (κ3) is 6.39. The lowest BCUT2D eigenvalue weighted by Crippen LogP contribution is -2.55. The summed E-state index contributed by atoms with van der Waals surface area (Å²) in [6, 6.07) is 0. The van der Waals surface area contributed by atoms with E-state index in [1.165, 1.54) is 0 Å². The molecule has 0 aromatic rings. The van der Waals surface area contributed by atoms with Crippen LogP contribution >= 0.6 is 0 Å². The van der Waals surface area contributed by atoms with Crippen LogP contribution in [0.25, 0.3) is 0 Å². The van der Waals surface area contributed by atoms with Crippen molar-refractivity contribution < 1.29 is 8.85 Å². The summed E-state index contributed by atoms with van der Waals surface area (Å²) in [7, 11) is -5.11. The summed E-state index contributed by atoms with van der Waals surface area (Å²) in [6.07, 6.45) is 1.06. The van der Waals surface area contributed by atoms with Crippen LogP contribution in [0.15, 0.2) is 0 Å². The van der Waals surface area contributed by atoms with Crippen LogP contribution in [0, 0.1) is 0 Å². The van der Waals surface area contributed by atoms with E-state index in [0.29, 0.717) is 0 Å². The Kier molecular flexibility index (Phi) is 6.98. The van der Waals surface area contributed by atoms with Crippen molar-refractivity contribution >= 4 is 30.9 Å². The lowest BCUT2D eigenvalue weighted by Gasteiger charge is -2.36. The molecule has 0 saturated heterocycles. The molecule has 0 aliphatic carbocycles. The first-order valence-electron chi connectivity index (χ1n) is 7.49. The largest absolute Gasteiger partial charge is 0.420 e. The zero-order chi connectivity index (χ0) is 15.5. The van der Waals surface area contributed by atoms with Gasteiger partial charge in [-0.25, -0.2) is 0 Å². The van der Waals surface area contributed by atoms with Gasteiger partial charge < -0.3 is 8.85 Å². The van der Waals surface area contributed by atoms with Crippen LogP contribution in [0.1, 0.15) is 6.42 Å². The van der Waals surface area contributed by atoms with Gasteiger partial charge in [0.15, 0.2) is 15.7 Å². The summed E-state index contributed by atoms with van der Waals surface area (Å²) >= 11 is 0. The summed E-state index contributed by atoms with van der Waals surface area (Å²) in [4.78, 5) is 0. The Balaban J connectivity index is 4.03. The van der Waals surface area contributed by atoms with E-state index in [0.717, 1.165) is 19.6 Å². The monoisotopic (exact) mass is 336 g/mol. The van der Waals surface area contributed by atoms with Gasteiger partial charge in [0.25, 0.3) is 0 Å². The van der Waals surface area contributed by atoms with Crippen molar-refractivity contribution in [3.05, 3.63) is 0 Å². The zero-order valence-corrected chi connectivity index (χ0v) is 18.9. The molecule has 0 atom stereocenters. The van der Waals surface area contributed by atoms with Crippen LogP contribution in [0.3, 0.4) is 0 Å². The molecule has 0 rings (SSSR count). The van der Waals surface area contributed by atoms with Gasteiger partial charge in [-0.3, -0.25) is 0 Å². The normalized spacial score (nSPS) is 14.8. The van der Waals surface area contributed by atoms with Crippen molar-refractivity contribution in [1.29, 1.82) is 0 Å². The average Bonchev–Trinajstić information content (AvgIpc) is 2.12. The summed E-state index contributed by atoms with van der Waals surface area (Å²) in [5, 5.41) is 0. The minimum atomic E-state index is -1.43. The highest BCUT2D eigenvalue weighted by Crippen LogP contribution is 2.21. The van der Waals surface area contributed by atoms with Crippen molar-refractivity contribution in [1.82, 2.24) is 0 Å². The zero-order valence-electron chi connectivity index (χ0n) is 14.9. The molecule has 0 aliphatic heterocycles. The van der Waals surface area contributed by atoms with E-state index in [-0.39, 0.29) is 0 Å². The maximum atomic E-state index is 6.24. The summed E-state index contributed by atoms with van der Waals surface area (Å²) in [5.74, 6) is 0. The minimum Gasteiger partial charge on any atom is -0.420 e. The van der Waals surface area contributed by atoms with Crippen molar-refractivity contribution in [2.24, 2.45) is 0 Å². The fraction of sp³-hybridized carbons (Fsp3) is 1.00. The molecule has 0 saturated carbocycles. The van der Waals surface area contributed by atoms with Gasteiger partial charge in [0, 0.05) is 13.2 Å². The molecule has 0 radical (unpaired) electrons. The first-order chi connectivity index (χ1) is 8.21. The Morgan fingerprint density at radius 1 is 0.526 bits per heavy atom. The van der Waals surface area contributed by atoms with Gasteiger partial charge >= 0.3 is 0 Å². The Labute approximate surface area is 125 Å². The second-order valence-corrected chi connectivity index (χ2v) is 40.4. The molecule has 0 amide bonds. The SMILES string of the molecule is C[Si](C)(C)[Si](C)(C)OCCCO[Si](C)(C)[Si](C)(C)C. The Morgan fingerprint density at radius 3 is 1.00 bits per heavy atom. The molecule has 0 heterocycles. The predicted octanol–water partition coefficient (Wildman–Crippen LogP) is 4.65. The van der Waals surface area contributed by atoms with Crippen molar-refractivity contribution in [3.8, 4) is 0 Å². The van der Waals surface area contributed by atoms with Crippen LogP contribution in [0.2, 0.25) is 65.5 Å². The quantitative estimate of drug-likeness (QED) is 0.474. The minimum absolute atomic E-state index is 0.889. The van der Waals surface area contributed by atoms with Gasteiger partial charge in [-0.15, -0.1) is 0 Å². The number of hydrogen-bond acceptors (Lipinski definition) is 2. The van der Waals surface area contributed by atoms with E-state index < -0.39 is 30.9 Å². The lowest BCUT2D eigenvalue weighted by molar-refractivity contribution is 0.246. The van der Waals surface area contributed by atoms with E-state index in [4.69, 9.17) is 8.85 Å². The van der Waals surface area contributed by atoms with Crippen LogP contribution in [0.5, 0.6) is 0 Å². The molecule has 0 aliphatic rings. The van der Waals surface area contributed by atoms with Gasteiger partial charge in [-0.2, -0.15) is 0 Å². The van der Waals surface area contributed by atoms with Crippen molar-refractivity contribution in [3.63, 3.8) is 0 Å². The van der Waals surface area contributed by atoms with E-state index in [2.05, 4.69) is 65.5 Å². The molecule has 0 aromatic carbocycles. The fourth-order valence-corrected chi connectivity index (χ4v) is 6.53. The Bertz CT molecular complexity index is 249. The van der Waals surface area contributed by atoms with Gasteiger partial charge in [0.1, 0.15) is 0 Å². The molecule has 0 unspecified atom stereocenters. The van der Waals surface area contributed by atoms with Crippen molar-refractivity contribution in [2.75, 3.05) is 13.2 Å². The number of hydrogen-bond donors (Lipinski definition) is 0. The smallest absolute Gasteiger partial charge is 0.173 e. The predicted molar refractivity (Wildman–Crippen MR) is 98.2 cm³/mol. The summed E-state index contributed by atoms with van der Waals surface area (Å²) in [6.45, 7) is 25.8. The van der Waals surface area contributed by atoms with Crippen LogP contribution in [0.4, 0.5) is 0 Å². The maximum absolute atomic E-state index is 6.24. The van der Waals surface area contributed by atoms with E-state index in [9.17, 15) is 0 Å². The molecule has 2 nitrogen and oxygen atoms in total. The maximum Gasteiger partial charge on any atom is 0.173 e. The molecule has 0 N–H and O–H groups in total. The summed E-state index contributed by atoms with van der Waals surface area (Å²) in [5.41, 5.74) is 0. The van der Waals surface area contributed by atoms with Gasteiger partial charge in [-0.05, 0) is 32.6 Å². The van der Waals surface area contributed by atoms with Crippen LogP contribution in [-0.2, 0) is 8.85 Å². The van der Waals surface area contributed by atoms with Crippen LogP contribution < -0.4 is 0 Å². The third-order valence-electron chi connectivity index (χ3n) is 4.83. The topological polar surface area (TPSA) is 18.5 Å². The molecular weight excluding hydrogens is 300 g/mol. The second-order valence-electron chi connectivity index (χ2n) is 8.57. The highest BCUT2D eigenvalue weighted by molar-refractivity contribution is 7.38. The van der Waals surface area contributed by atoms with Gasteiger partial charge in [0.05, 0.1) is 15.2 Å². The van der Waals surface area contributed by atoms with Gasteiger partial charge in [0.2, 0.25) is 0 Å². The van der Waals surface area contributed by atoms with Crippen molar-refractivity contribution in [2.45, 2.75) is 71.9 Å². The summed E-state index contributed by atoms with van der Waals surface area (Å²) < 4.78 is 12.5. The average molecular weight is 337 g/mol. The Morgan fingerprint density at radius 2 is 0.789 bits per heavy atom. The highest BCUT2D eigenvalue weighted by atomic mass is 29.3.